The topological polar surface area (TPSA) is 86.2 Å². The fraction of sp³-hybridized carbons (Fsp3) is 0.316. The minimum atomic E-state index is -4.62. The van der Waals surface area contributed by atoms with Gasteiger partial charge in [0.2, 0.25) is 0 Å². The van der Waals surface area contributed by atoms with Gasteiger partial charge in [-0.05, 0) is 25.5 Å². The molecule has 0 radical (unpaired) electrons. The smallest absolute Gasteiger partial charge is 0.416 e. The summed E-state index contributed by atoms with van der Waals surface area (Å²) in [4.78, 5) is 37.1. The largest absolute Gasteiger partial charge is 0.477 e. The maximum absolute atomic E-state index is 13.3. The fourth-order valence-corrected chi connectivity index (χ4v) is 3.43. The highest BCUT2D eigenvalue weighted by molar-refractivity contribution is 6.01. The molecule has 10 heteroatoms. The molecule has 0 aliphatic carbocycles. The molecule has 3 rings (SSSR count). The third kappa shape index (κ3) is 3.34. The monoisotopic (exact) mass is 409 g/mol. The number of hydrogen-bond donors (Lipinski definition) is 1. The molecule has 0 unspecified atom stereocenters. The number of carboxylic acid groups (broad SMARTS) is 1. The molecule has 154 valence electrons. The molecule has 0 aliphatic rings. The van der Waals surface area contributed by atoms with Crippen LogP contribution in [-0.4, -0.2) is 24.8 Å². The van der Waals surface area contributed by atoms with Crippen molar-refractivity contribution in [3.05, 3.63) is 68.1 Å². The van der Waals surface area contributed by atoms with E-state index in [1.54, 1.807) is 13.8 Å². The molecule has 7 nitrogen and oxygen atoms in total. The lowest BCUT2D eigenvalue weighted by molar-refractivity contribution is -0.138. The fourth-order valence-electron chi connectivity index (χ4n) is 3.43. The first-order valence-electron chi connectivity index (χ1n) is 8.68. The zero-order valence-corrected chi connectivity index (χ0v) is 15.8. The molecular formula is C19H18F3N3O4. The average molecular weight is 409 g/mol. The number of carboxylic acids is 1. The Morgan fingerprint density at radius 3 is 2.34 bits per heavy atom. The van der Waals surface area contributed by atoms with Gasteiger partial charge < -0.3 is 9.67 Å². The Hall–Kier alpha value is -3.30. The lowest BCUT2D eigenvalue weighted by Crippen LogP contribution is -2.38. The average Bonchev–Trinajstić information content (AvgIpc) is 2.98. The van der Waals surface area contributed by atoms with Crippen LogP contribution in [0.4, 0.5) is 13.2 Å². The van der Waals surface area contributed by atoms with E-state index in [2.05, 4.69) is 0 Å². The number of hydrogen-bond acceptors (Lipinski definition) is 3. The van der Waals surface area contributed by atoms with Gasteiger partial charge in [0.15, 0.2) is 0 Å². The Balaban J connectivity index is 2.37. The number of alkyl halides is 3. The van der Waals surface area contributed by atoms with E-state index in [1.807, 2.05) is 0 Å². The van der Waals surface area contributed by atoms with Crippen LogP contribution < -0.4 is 11.2 Å². The molecule has 0 spiro atoms. The highest BCUT2D eigenvalue weighted by Gasteiger charge is 2.33. The molecule has 0 aliphatic heterocycles. The van der Waals surface area contributed by atoms with Gasteiger partial charge in [0, 0.05) is 25.8 Å². The predicted molar refractivity (Wildman–Crippen MR) is 99.3 cm³/mol. The SMILES string of the molecule is CC(C)n1c(=O)n(C)c(=O)c2c(C(=O)O)n(Cc3ccccc3C(F)(F)F)cc21. The van der Waals surface area contributed by atoms with Crippen molar-refractivity contribution in [3.8, 4) is 0 Å². The molecule has 0 atom stereocenters. The van der Waals surface area contributed by atoms with Crippen LogP contribution >= 0.6 is 0 Å². The maximum atomic E-state index is 13.3. The van der Waals surface area contributed by atoms with Crippen LogP contribution in [0.1, 0.15) is 41.5 Å². The zero-order valence-electron chi connectivity index (χ0n) is 15.8. The molecule has 0 saturated heterocycles. The molecular weight excluding hydrogens is 391 g/mol. The van der Waals surface area contributed by atoms with Crippen LogP contribution in [0.3, 0.4) is 0 Å². The number of nitrogens with zero attached hydrogens (tertiary/aromatic N) is 3. The molecule has 2 aromatic heterocycles. The van der Waals surface area contributed by atoms with Gasteiger partial charge in [-0.15, -0.1) is 0 Å². The van der Waals surface area contributed by atoms with E-state index < -0.39 is 47.2 Å². The van der Waals surface area contributed by atoms with Gasteiger partial charge in [-0.2, -0.15) is 13.2 Å². The minimum absolute atomic E-state index is 0.0648. The highest BCUT2D eigenvalue weighted by atomic mass is 19.4. The zero-order chi connectivity index (χ0) is 21.7. The Labute approximate surface area is 162 Å². The first-order valence-corrected chi connectivity index (χ1v) is 8.68. The van der Waals surface area contributed by atoms with Gasteiger partial charge in [0.25, 0.3) is 5.56 Å². The van der Waals surface area contributed by atoms with E-state index in [0.717, 1.165) is 15.2 Å². The molecule has 29 heavy (non-hydrogen) atoms. The Morgan fingerprint density at radius 2 is 1.79 bits per heavy atom. The minimum Gasteiger partial charge on any atom is -0.477 e. The van der Waals surface area contributed by atoms with Crippen molar-refractivity contribution >= 4 is 16.9 Å². The van der Waals surface area contributed by atoms with Gasteiger partial charge in [0.1, 0.15) is 5.69 Å². The van der Waals surface area contributed by atoms with Crippen LogP contribution in [0.25, 0.3) is 10.9 Å². The summed E-state index contributed by atoms with van der Waals surface area (Å²) in [5.41, 5.74) is -2.91. The molecule has 0 amide bonds. The lowest BCUT2D eigenvalue weighted by Gasteiger charge is -2.14. The summed E-state index contributed by atoms with van der Waals surface area (Å²) >= 11 is 0. The molecule has 0 saturated carbocycles. The Kier molecular flexibility index (Phi) is 4.89. The van der Waals surface area contributed by atoms with E-state index in [0.29, 0.717) is 0 Å². The van der Waals surface area contributed by atoms with Crippen molar-refractivity contribution in [1.82, 2.24) is 13.7 Å². The number of halogens is 3. The molecule has 3 aromatic rings. The van der Waals surface area contributed by atoms with Gasteiger partial charge in [-0.3, -0.25) is 13.9 Å². The number of aromatic nitrogens is 3. The maximum Gasteiger partial charge on any atom is 0.416 e. The van der Waals surface area contributed by atoms with Crippen molar-refractivity contribution in [3.63, 3.8) is 0 Å². The quantitative estimate of drug-likeness (QED) is 0.718. The summed E-state index contributed by atoms with van der Waals surface area (Å²) in [6.07, 6.45) is -3.38. The standard InChI is InChI=1S/C19H18F3N3O4/c1-10(2)25-13-9-24(8-11-6-4-5-7-12(11)19(20,21)22)15(17(27)28)14(13)16(26)23(3)18(25)29/h4-7,9-10H,8H2,1-3H3,(H,27,28). The van der Waals surface area contributed by atoms with Crippen molar-refractivity contribution in [2.45, 2.75) is 32.6 Å². The normalized spacial score (nSPS) is 12.1. The van der Waals surface area contributed by atoms with Gasteiger partial charge in [0.05, 0.1) is 16.5 Å². The second kappa shape index (κ2) is 6.94. The summed E-state index contributed by atoms with van der Waals surface area (Å²) in [7, 11) is 1.23. The van der Waals surface area contributed by atoms with Crippen LogP contribution in [0.15, 0.2) is 40.1 Å². The van der Waals surface area contributed by atoms with E-state index in [9.17, 15) is 32.7 Å². The number of carbonyl (C=O) groups is 1. The van der Waals surface area contributed by atoms with Crippen molar-refractivity contribution < 1.29 is 23.1 Å². The first-order chi connectivity index (χ1) is 13.4. The Bertz CT molecular complexity index is 1230. The van der Waals surface area contributed by atoms with Crippen molar-refractivity contribution in [2.75, 3.05) is 0 Å². The molecule has 0 bridgehead atoms. The highest BCUT2D eigenvalue weighted by Crippen LogP contribution is 2.33. The van der Waals surface area contributed by atoms with Crippen LogP contribution in [0.2, 0.25) is 0 Å². The molecule has 1 aromatic carbocycles. The number of benzene rings is 1. The lowest BCUT2D eigenvalue weighted by atomic mass is 10.1. The number of aromatic carboxylic acids is 1. The van der Waals surface area contributed by atoms with E-state index in [4.69, 9.17) is 0 Å². The van der Waals surface area contributed by atoms with Gasteiger partial charge >= 0.3 is 17.8 Å². The van der Waals surface area contributed by atoms with E-state index >= 15 is 0 Å². The molecule has 0 fully saturated rings. The summed E-state index contributed by atoms with van der Waals surface area (Å²) in [6, 6.07) is 4.39. The second-order valence-corrected chi connectivity index (χ2v) is 6.94. The van der Waals surface area contributed by atoms with E-state index in [1.165, 1.54) is 36.0 Å². The molecule has 1 N–H and O–H groups in total. The summed E-state index contributed by atoms with van der Waals surface area (Å²) in [5, 5.41) is 9.47. The molecule has 2 heterocycles. The summed E-state index contributed by atoms with van der Waals surface area (Å²) in [6.45, 7) is 2.94. The third-order valence-electron chi connectivity index (χ3n) is 4.71. The van der Waals surface area contributed by atoms with Crippen LogP contribution in [0.5, 0.6) is 0 Å². The number of rotatable bonds is 4. The predicted octanol–water partition coefficient (Wildman–Crippen LogP) is 2.85. The summed E-state index contributed by atoms with van der Waals surface area (Å²) < 4.78 is 43.1. The first kappa shape index (κ1) is 20.4. The number of fused-ring (bicyclic) bond motifs is 1. The van der Waals surface area contributed by atoms with Crippen molar-refractivity contribution in [2.24, 2.45) is 7.05 Å². The van der Waals surface area contributed by atoms with Crippen LogP contribution in [-0.2, 0) is 19.8 Å². The van der Waals surface area contributed by atoms with Crippen LogP contribution in [0, 0.1) is 0 Å². The van der Waals surface area contributed by atoms with Gasteiger partial charge in [-0.1, -0.05) is 18.2 Å². The third-order valence-corrected chi connectivity index (χ3v) is 4.71. The van der Waals surface area contributed by atoms with Crippen molar-refractivity contribution in [1.29, 1.82) is 0 Å². The summed E-state index contributed by atoms with van der Waals surface area (Å²) in [5.74, 6) is -1.48. The Morgan fingerprint density at radius 1 is 1.17 bits per heavy atom. The second-order valence-electron chi connectivity index (χ2n) is 6.94. The van der Waals surface area contributed by atoms with Gasteiger partial charge in [-0.25, -0.2) is 9.59 Å². The van der Waals surface area contributed by atoms with E-state index in [-0.39, 0.29) is 16.5 Å².